The molecule has 6 aromatic rings. The van der Waals surface area contributed by atoms with Gasteiger partial charge in [-0.05, 0) is 109 Å². The molecule has 1 aliphatic heterocycles. The van der Waals surface area contributed by atoms with Crippen LogP contribution in [-0.4, -0.2) is 56.7 Å². The number of hydrogen-bond acceptors (Lipinski definition) is 7. The molecule has 0 bridgehead atoms. The maximum absolute atomic E-state index is 13.3. The van der Waals surface area contributed by atoms with Crippen molar-refractivity contribution in [1.29, 1.82) is 0 Å². The molecule has 1 atom stereocenters. The minimum Gasteiger partial charge on any atom is -0.378 e. The second-order valence-corrected chi connectivity index (χ2v) is 15.1. The summed E-state index contributed by atoms with van der Waals surface area (Å²) in [5.41, 5.74) is 16.1. The number of nitrogens with two attached hydrogens (primary N) is 1. The highest BCUT2D eigenvalue weighted by atomic mass is 79.9. The molecule has 48 heavy (non-hydrogen) atoms. The smallest absolute Gasteiger partial charge is 0.283 e. The number of benzene rings is 3. The fourth-order valence-electron chi connectivity index (χ4n) is 7.87. The number of nitrogens with zero attached hydrogens (tertiary/aromatic N) is 5. The molecule has 0 radical (unpaired) electrons. The Balaban J connectivity index is 0.924. The fraction of sp³-hybridized carbons (Fsp3) is 0.395. The van der Waals surface area contributed by atoms with Crippen molar-refractivity contribution < 1.29 is 4.74 Å². The number of aryl methyl sites for hydroxylation is 1. The van der Waals surface area contributed by atoms with Crippen molar-refractivity contribution in [1.82, 2.24) is 23.8 Å². The van der Waals surface area contributed by atoms with Crippen molar-refractivity contribution in [2.45, 2.75) is 63.5 Å². The Hall–Kier alpha value is -3.41. The maximum Gasteiger partial charge on any atom is 0.283 e. The van der Waals surface area contributed by atoms with Crippen LogP contribution >= 0.6 is 27.3 Å². The Bertz CT molecular complexity index is 2140. The number of likely N-dealkylation sites (tertiary alicyclic amines) is 1. The Labute approximate surface area is 292 Å². The lowest BCUT2D eigenvalue weighted by Gasteiger charge is -2.32. The Morgan fingerprint density at radius 3 is 2.54 bits per heavy atom. The first-order valence-electron chi connectivity index (χ1n) is 17.2. The molecular formula is C38H41BrN6O2S. The fourth-order valence-corrected chi connectivity index (χ4v) is 9.21. The van der Waals surface area contributed by atoms with Gasteiger partial charge in [0, 0.05) is 17.1 Å². The van der Waals surface area contributed by atoms with Crippen molar-refractivity contribution in [3.8, 4) is 10.4 Å². The van der Waals surface area contributed by atoms with Crippen LogP contribution in [0, 0.1) is 6.92 Å². The van der Waals surface area contributed by atoms with E-state index >= 15 is 0 Å². The van der Waals surface area contributed by atoms with E-state index in [-0.39, 0.29) is 11.6 Å². The molecule has 2 fully saturated rings. The van der Waals surface area contributed by atoms with Gasteiger partial charge in [-0.3, -0.25) is 9.20 Å². The molecule has 0 unspecified atom stereocenters. The first kappa shape index (κ1) is 31.8. The summed E-state index contributed by atoms with van der Waals surface area (Å²) >= 11 is 5.27. The van der Waals surface area contributed by atoms with Gasteiger partial charge in [0.05, 0.1) is 57.3 Å². The molecule has 248 valence electrons. The number of halogens is 1. The number of fused-ring (bicyclic) bond motifs is 5. The summed E-state index contributed by atoms with van der Waals surface area (Å²) in [6, 6.07) is 21.6. The van der Waals surface area contributed by atoms with Crippen LogP contribution in [0.4, 0.5) is 0 Å². The van der Waals surface area contributed by atoms with Crippen LogP contribution in [-0.2, 0) is 4.74 Å². The number of rotatable bonds is 9. The minimum atomic E-state index is -0.172. The second-order valence-electron chi connectivity index (χ2n) is 13.4. The normalized spacial score (nSPS) is 17.3. The van der Waals surface area contributed by atoms with Crippen molar-refractivity contribution >= 4 is 55.0 Å². The summed E-state index contributed by atoms with van der Waals surface area (Å²) in [5, 5.41) is 0.638. The molecule has 0 amide bonds. The van der Waals surface area contributed by atoms with E-state index in [1.807, 2.05) is 30.6 Å². The van der Waals surface area contributed by atoms with Crippen LogP contribution in [0.25, 0.3) is 38.2 Å². The third-order valence-electron chi connectivity index (χ3n) is 10.5. The average Bonchev–Trinajstić information content (AvgIpc) is 3.86. The first-order valence-corrected chi connectivity index (χ1v) is 18.8. The predicted molar refractivity (Wildman–Crippen MR) is 198 cm³/mol. The molecular weight excluding hydrogens is 684 g/mol. The van der Waals surface area contributed by atoms with Gasteiger partial charge >= 0.3 is 0 Å². The largest absolute Gasteiger partial charge is 0.378 e. The van der Waals surface area contributed by atoms with Gasteiger partial charge in [-0.15, -0.1) is 11.3 Å². The first-order chi connectivity index (χ1) is 23.5. The van der Waals surface area contributed by atoms with E-state index in [9.17, 15) is 4.79 Å². The summed E-state index contributed by atoms with van der Waals surface area (Å²) in [6.07, 6.45) is 6.92. The number of piperidine rings is 1. The van der Waals surface area contributed by atoms with Crippen LogP contribution in [0.3, 0.4) is 0 Å². The zero-order chi connectivity index (χ0) is 32.8. The number of imidazole rings is 1. The number of hydrogen-bond donors (Lipinski definition) is 1. The van der Waals surface area contributed by atoms with E-state index in [1.165, 1.54) is 34.4 Å². The zero-order valence-corrected chi connectivity index (χ0v) is 29.7. The molecule has 8 rings (SSSR count). The third kappa shape index (κ3) is 5.92. The molecule has 4 heterocycles. The molecule has 8 nitrogen and oxygen atoms in total. The SMILES string of the molecule is Cc1ncsc1-c1ccc([C@@H](N)COCCN2CCC(c3ccc4c(c3)n(C3CCCC3)c3nc(=O)c5c(Br)cccc5n43)CC2)cc1. The van der Waals surface area contributed by atoms with Crippen LogP contribution < -0.4 is 11.3 Å². The van der Waals surface area contributed by atoms with Gasteiger partial charge in [-0.2, -0.15) is 4.98 Å². The van der Waals surface area contributed by atoms with Crippen molar-refractivity contribution in [2.24, 2.45) is 5.73 Å². The molecule has 10 heteroatoms. The summed E-state index contributed by atoms with van der Waals surface area (Å²) in [7, 11) is 0. The molecule has 1 saturated heterocycles. The Morgan fingerprint density at radius 1 is 1.00 bits per heavy atom. The third-order valence-corrected chi connectivity index (χ3v) is 12.1. The monoisotopic (exact) mass is 724 g/mol. The average molecular weight is 726 g/mol. The second kappa shape index (κ2) is 13.5. The van der Waals surface area contributed by atoms with Gasteiger partial charge in [0.25, 0.3) is 5.56 Å². The molecule has 3 aromatic heterocycles. The summed E-state index contributed by atoms with van der Waals surface area (Å²) in [6.45, 7) is 6.26. The molecule has 3 aromatic carbocycles. The van der Waals surface area contributed by atoms with Crippen molar-refractivity contribution in [3.63, 3.8) is 0 Å². The Kier molecular flexibility index (Phi) is 8.94. The lowest BCUT2D eigenvalue weighted by Crippen LogP contribution is -2.35. The van der Waals surface area contributed by atoms with Crippen LogP contribution in [0.15, 0.2) is 75.4 Å². The molecule has 1 saturated carbocycles. The number of aromatic nitrogens is 4. The summed E-state index contributed by atoms with van der Waals surface area (Å²) in [4.78, 5) is 26.0. The molecule has 0 spiro atoms. The van der Waals surface area contributed by atoms with Gasteiger partial charge in [0.1, 0.15) is 0 Å². The highest BCUT2D eigenvalue weighted by Gasteiger charge is 2.27. The zero-order valence-electron chi connectivity index (χ0n) is 27.3. The lowest BCUT2D eigenvalue weighted by atomic mass is 9.89. The lowest BCUT2D eigenvalue weighted by molar-refractivity contribution is 0.0854. The molecule has 2 N–H and O–H groups in total. The minimum absolute atomic E-state index is 0.143. The van der Waals surface area contributed by atoms with E-state index in [1.54, 1.807) is 11.3 Å². The molecule has 2 aliphatic rings. The molecule has 1 aliphatic carbocycles. The van der Waals surface area contributed by atoms with Crippen LogP contribution in [0.1, 0.15) is 73.3 Å². The van der Waals surface area contributed by atoms with Gasteiger partial charge in [0.15, 0.2) is 0 Å². The maximum atomic E-state index is 13.3. The predicted octanol–water partition coefficient (Wildman–Crippen LogP) is 8.01. The van der Waals surface area contributed by atoms with Crippen LogP contribution in [0.5, 0.6) is 0 Å². The Morgan fingerprint density at radius 2 is 1.79 bits per heavy atom. The quantitative estimate of drug-likeness (QED) is 0.152. The highest BCUT2D eigenvalue weighted by Crippen LogP contribution is 2.38. The number of ether oxygens (including phenoxy) is 1. The standard InChI is InChI=1S/C38H41BrN6O2S/c1-24-36(48-23-41-24)27-11-9-26(10-12-27)31(40)22-47-20-19-43-17-15-25(16-18-43)28-13-14-32-34(21-28)44(29-5-2-3-6-29)38-42-37(46)35-30(39)7-4-8-33(35)45(32)38/h4,7-14,21,23,25,29,31H,2-3,5-6,15-20,22,40H2,1H3/t31-/m0/s1. The van der Waals surface area contributed by atoms with Crippen molar-refractivity contribution in [3.05, 3.63) is 97.8 Å². The summed E-state index contributed by atoms with van der Waals surface area (Å²) in [5.74, 6) is 1.27. The summed E-state index contributed by atoms with van der Waals surface area (Å²) < 4.78 is 11.4. The van der Waals surface area contributed by atoms with Gasteiger partial charge in [0.2, 0.25) is 5.78 Å². The van der Waals surface area contributed by atoms with E-state index in [4.69, 9.17) is 15.5 Å². The van der Waals surface area contributed by atoms with E-state index in [0.29, 0.717) is 30.6 Å². The number of thiazole rings is 1. The van der Waals surface area contributed by atoms with E-state index in [2.05, 4.69) is 77.2 Å². The van der Waals surface area contributed by atoms with Gasteiger partial charge in [-0.25, -0.2) is 4.98 Å². The highest BCUT2D eigenvalue weighted by molar-refractivity contribution is 9.10. The van der Waals surface area contributed by atoms with Crippen LogP contribution in [0.2, 0.25) is 0 Å². The van der Waals surface area contributed by atoms with Gasteiger partial charge < -0.3 is 19.9 Å². The van der Waals surface area contributed by atoms with E-state index in [0.717, 1.165) is 77.9 Å². The van der Waals surface area contributed by atoms with Gasteiger partial charge in [-0.1, -0.05) is 49.2 Å². The topological polar surface area (TPSA) is 90.7 Å². The van der Waals surface area contributed by atoms with E-state index < -0.39 is 0 Å². The van der Waals surface area contributed by atoms with Crippen molar-refractivity contribution in [2.75, 3.05) is 32.8 Å².